The molecule has 4 heteroatoms. The van der Waals surface area contributed by atoms with Gasteiger partial charge >= 0.3 is 10.0 Å². The van der Waals surface area contributed by atoms with Gasteiger partial charge in [0.2, 0.25) is 0 Å². The molecule has 0 unspecified atom stereocenters. The highest BCUT2D eigenvalue weighted by molar-refractivity contribution is 6.24. The van der Waals surface area contributed by atoms with Crippen molar-refractivity contribution in [2.45, 2.75) is 0 Å². The molecule has 1 fully saturated rings. The van der Waals surface area contributed by atoms with E-state index in [1.165, 1.54) is 0 Å². The fourth-order valence-corrected chi connectivity index (χ4v) is 0. The second-order valence-electron chi connectivity index (χ2n) is 1.70. The van der Waals surface area contributed by atoms with Gasteiger partial charge in [-0.25, -0.2) is 0 Å². The van der Waals surface area contributed by atoms with E-state index < -0.39 is 0 Å². The Labute approximate surface area is 46.2 Å². The predicted octanol–water partition coefficient (Wildman–Crippen LogP) is -0.875. The van der Waals surface area contributed by atoms with Crippen molar-refractivity contribution in [3.05, 3.63) is 0 Å². The van der Waals surface area contributed by atoms with E-state index >= 15 is 0 Å². The maximum absolute atomic E-state index is 4.14. The summed E-state index contributed by atoms with van der Waals surface area (Å²) in [5.74, 6) is 0. The second kappa shape index (κ2) is 4.26. The normalized spacial score (nSPS) is 15.4. The van der Waals surface area contributed by atoms with Crippen molar-refractivity contribution in [2.75, 3.05) is 21.1 Å². The zero-order valence-corrected chi connectivity index (χ0v) is 6.39. The lowest BCUT2D eigenvalue weighted by Gasteiger charge is -1.90. The molecule has 1 aliphatic rings. The molecular weight excluding hydrogens is 110 g/mol. The Morgan fingerprint density at radius 3 is 1.29 bits per heavy atom. The van der Waals surface area contributed by atoms with E-state index in [0.29, 0.717) is 0 Å². The lowest BCUT2D eigenvalue weighted by molar-refractivity contribution is 0.0850. The molecule has 1 rings (SSSR count). The molecule has 0 radical (unpaired) electrons. The molecule has 0 saturated carbocycles. The highest BCUT2D eigenvalue weighted by Crippen LogP contribution is 1.83. The molecular formula is C3H11NO2Si. The lowest BCUT2D eigenvalue weighted by atomic mass is 11.0. The van der Waals surface area contributed by atoms with Crippen LogP contribution in [-0.4, -0.2) is 36.0 Å². The minimum atomic E-state index is -0.333. The number of nitrogens with zero attached hydrogens (tertiary/aromatic N) is 1. The monoisotopic (exact) mass is 121 g/mol. The summed E-state index contributed by atoms with van der Waals surface area (Å²) in [5, 5.41) is 0. The fraction of sp³-hybridized carbons (Fsp3) is 1.00. The highest BCUT2D eigenvalue weighted by Gasteiger charge is 1.98. The largest absolute Gasteiger partial charge is 0.379 e. The molecule has 44 valence electrons. The number of hydrogen-bond acceptors (Lipinski definition) is 3. The van der Waals surface area contributed by atoms with Crippen LogP contribution < -0.4 is 0 Å². The summed E-state index contributed by atoms with van der Waals surface area (Å²) in [6.07, 6.45) is 0. The molecule has 1 aliphatic heterocycles. The first-order chi connectivity index (χ1) is 3.23. The molecule has 7 heavy (non-hydrogen) atoms. The van der Waals surface area contributed by atoms with Crippen molar-refractivity contribution in [3.8, 4) is 0 Å². The molecule has 0 aromatic heterocycles. The highest BCUT2D eigenvalue weighted by atomic mass is 28.3. The summed E-state index contributed by atoms with van der Waals surface area (Å²) < 4.78 is 8.28. The van der Waals surface area contributed by atoms with Crippen LogP contribution in [0.1, 0.15) is 0 Å². The summed E-state index contributed by atoms with van der Waals surface area (Å²) >= 11 is 0. The number of hydrogen-bond donors (Lipinski definition) is 0. The molecule has 1 heterocycles. The Morgan fingerprint density at radius 2 is 1.29 bits per heavy atom. The van der Waals surface area contributed by atoms with Gasteiger partial charge < -0.3 is 4.90 Å². The molecule has 0 amide bonds. The SMILES string of the molecule is CN(C)C.O1O[SiH2]1. The Morgan fingerprint density at radius 1 is 1.14 bits per heavy atom. The molecule has 0 spiro atoms. The summed E-state index contributed by atoms with van der Waals surface area (Å²) in [5.41, 5.74) is 0. The van der Waals surface area contributed by atoms with Crippen molar-refractivity contribution in [1.29, 1.82) is 0 Å². The van der Waals surface area contributed by atoms with Crippen molar-refractivity contribution >= 4 is 10.0 Å². The van der Waals surface area contributed by atoms with Gasteiger partial charge in [-0.05, 0) is 21.1 Å². The van der Waals surface area contributed by atoms with Gasteiger partial charge in [0.1, 0.15) is 0 Å². The van der Waals surface area contributed by atoms with E-state index in [9.17, 15) is 0 Å². The van der Waals surface area contributed by atoms with Crippen LogP contribution in [0.25, 0.3) is 0 Å². The second-order valence-corrected chi connectivity index (χ2v) is 2.40. The van der Waals surface area contributed by atoms with Crippen LogP contribution in [0.3, 0.4) is 0 Å². The van der Waals surface area contributed by atoms with Crippen LogP contribution in [0.4, 0.5) is 0 Å². The lowest BCUT2D eigenvalue weighted by Crippen LogP contribution is -1.99. The van der Waals surface area contributed by atoms with Gasteiger partial charge in [-0.3, -0.25) is 9.15 Å². The summed E-state index contributed by atoms with van der Waals surface area (Å²) in [4.78, 5) is 2.00. The van der Waals surface area contributed by atoms with Gasteiger partial charge in [-0.15, -0.1) is 0 Å². The molecule has 0 aromatic carbocycles. The van der Waals surface area contributed by atoms with E-state index in [1.807, 2.05) is 26.0 Å². The third-order valence-corrected chi connectivity index (χ3v) is 0.354. The molecule has 1 saturated heterocycles. The van der Waals surface area contributed by atoms with Crippen LogP contribution >= 0.6 is 0 Å². The van der Waals surface area contributed by atoms with Crippen molar-refractivity contribution in [3.63, 3.8) is 0 Å². The summed E-state index contributed by atoms with van der Waals surface area (Å²) in [6.45, 7) is 0. The topological polar surface area (TPSA) is 28.3 Å². The molecule has 0 bridgehead atoms. The maximum atomic E-state index is 4.14. The first kappa shape index (κ1) is 7.10. The van der Waals surface area contributed by atoms with Gasteiger partial charge in [0, 0.05) is 0 Å². The minimum Gasteiger partial charge on any atom is -0.312 e. The zero-order chi connectivity index (χ0) is 5.70. The van der Waals surface area contributed by atoms with Crippen LogP contribution in [0.2, 0.25) is 0 Å². The van der Waals surface area contributed by atoms with Crippen molar-refractivity contribution < 1.29 is 9.15 Å². The average Bonchev–Trinajstić information content (AvgIpc) is 2.02. The van der Waals surface area contributed by atoms with Gasteiger partial charge in [-0.2, -0.15) is 0 Å². The van der Waals surface area contributed by atoms with E-state index in [-0.39, 0.29) is 10.0 Å². The molecule has 0 aromatic rings. The van der Waals surface area contributed by atoms with Crippen LogP contribution in [-0.2, 0) is 9.15 Å². The molecule has 3 nitrogen and oxygen atoms in total. The zero-order valence-electron chi connectivity index (χ0n) is 4.97. The van der Waals surface area contributed by atoms with E-state index in [4.69, 9.17) is 0 Å². The van der Waals surface area contributed by atoms with Gasteiger partial charge in [0.15, 0.2) is 0 Å². The fourth-order valence-electron chi connectivity index (χ4n) is 0. The summed E-state index contributed by atoms with van der Waals surface area (Å²) in [7, 11) is 5.67. The quantitative estimate of drug-likeness (QED) is 0.237. The predicted molar refractivity (Wildman–Crippen MR) is 30.3 cm³/mol. The smallest absolute Gasteiger partial charge is 0.312 e. The van der Waals surface area contributed by atoms with Gasteiger partial charge in [-0.1, -0.05) is 0 Å². The van der Waals surface area contributed by atoms with Crippen molar-refractivity contribution in [1.82, 2.24) is 4.90 Å². The van der Waals surface area contributed by atoms with Gasteiger partial charge in [0.25, 0.3) is 0 Å². The Bertz CT molecular complexity index is 34.4. The average molecular weight is 121 g/mol. The Kier molecular flexibility index (Phi) is 4.32. The van der Waals surface area contributed by atoms with Crippen LogP contribution in [0, 0.1) is 0 Å². The Balaban J connectivity index is 0.000000105. The number of rotatable bonds is 0. The molecule has 0 N–H and O–H groups in total. The maximum Gasteiger partial charge on any atom is 0.379 e. The van der Waals surface area contributed by atoms with E-state index in [0.717, 1.165) is 0 Å². The van der Waals surface area contributed by atoms with E-state index in [1.54, 1.807) is 0 Å². The van der Waals surface area contributed by atoms with Crippen LogP contribution in [0.5, 0.6) is 0 Å². The first-order valence-corrected chi connectivity index (χ1v) is 3.24. The standard InChI is InChI=1S/C3H9N.H2O2Si/c1-4(2)3;1-2-3-1/h1-3H3;3H2. The minimum absolute atomic E-state index is 0.333. The first-order valence-electron chi connectivity index (χ1n) is 2.09. The van der Waals surface area contributed by atoms with Crippen molar-refractivity contribution in [2.24, 2.45) is 0 Å². The van der Waals surface area contributed by atoms with Crippen LogP contribution in [0.15, 0.2) is 0 Å². The third kappa shape index (κ3) is 85.1. The third-order valence-electron chi connectivity index (χ3n) is 0.118. The van der Waals surface area contributed by atoms with E-state index in [2.05, 4.69) is 9.15 Å². The molecule has 0 atom stereocenters. The van der Waals surface area contributed by atoms with Gasteiger partial charge in [0.05, 0.1) is 0 Å². The Hall–Kier alpha value is 0.0969. The summed E-state index contributed by atoms with van der Waals surface area (Å²) in [6, 6.07) is 0. The molecule has 0 aliphatic carbocycles.